The van der Waals surface area contributed by atoms with E-state index in [2.05, 4.69) is 38.1 Å². The molecule has 1 aliphatic carbocycles. The third-order valence-corrected chi connectivity index (χ3v) is 6.28. The van der Waals surface area contributed by atoms with Crippen molar-refractivity contribution in [1.82, 2.24) is 14.5 Å². The van der Waals surface area contributed by atoms with E-state index < -0.39 is 0 Å². The lowest BCUT2D eigenvalue weighted by Gasteiger charge is -2.03. The van der Waals surface area contributed by atoms with Crippen LogP contribution in [0.5, 0.6) is 0 Å². The molecule has 0 bridgehead atoms. The number of nitrogens with zero attached hydrogens (tertiary/aromatic N) is 2. The number of anilines is 1. The van der Waals surface area contributed by atoms with Crippen molar-refractivity contribution in [3.63, 3.8) is 0 Å². The molecule has 1 fully saturated rings. The van der Waals surface area contributed by atoms with Crippen molar-refractivity contribution in [3.05, 3.63) is 83.1 Å². The van der Waals surface area contributed by atoms with Gasteiger partial charge in [0.2, 0.25) is 0 Å². The summed E-state index contributed by atoms with van der Waals surface area (Å²) in [6.07, 6.45) is 8.09. The molecular weight excluding hydrogens is 428 g/mol. The van der Waals surface area contributed by atoms with Gasteiger partial charge in [-0.15, -0.1) is 11.3 Å². The minimum absolute atomic E-state index is 0.128. The van der Waals surface area contributed by atoms with Crippen LogP contribution >= 0.6 is 22.9 Å². The lowest BCUT2D eigenvalue weighted by atomic mass is 10.1. The third-order valence-electron chi connectivity index (χ3n) is 5.36. The van der Waals surface area contributed by atoms with Gasteiger partial charge in [0.15, 0.2) is 5.13 Å². The highest BCUT2D eigenvalue weighted by molar-refractivity contribution is 7.13. The number of fused-ring (bicyclic) bond motifs is 2. The molecule has 1 aliphatic rings. The first-order valence-corrected chi connectivity index (χ1v) is 11.4. The molecule has 7 heteroatoms. The first-order chi connectivity index (χ1) is 15.2. The summed E-state index contributed by atoms with van der Waals surface area (Å²) in [6.45, 7) is 0.946. The highest BCUT2D eigenvalue weighted by Gasteiger charge is 2.24. The maximum Gasteiger partial charge on any atom is 0.259 e. The monoisotopic (exact) mass is 448 g/mol. The first-order valence-electron chi connectivity index (χ1n) is 10.2. The smallest absolute Gasteiger partial charge is 0.259 e. The number of amides is 1. The number of thiazole rings is 1. The van der Waals surface area contributed by atoms with Crippen LogP contribution in [-0.2, 0) is 6.54 Å². The number of halogens is 1. The van der Waals surface area contributed by atoms with E-state index in [1.54, 1.807) is 6.20 Å². The predicted octanol–water partition coefficient (Wildman–Crippen LogP) is 6.58. The number of rotatable bonds is 4. The van der Waals surface area contributed by atoms with Crippen LogP contribution < -0.4 is 5.32 Å². The van der Waals surface area contributed by atoms with E-state index in [4.69, 9.17) is 11.6 Å². The third kappa shape index (κ3) is 4.50. The van der Waals surface area contributed by atoms with Crippen molar-refractivity contribution in [2.24, 2.45) is 5.92 Å². The van der Waals surface area contributed by atoms with Crippen LogP contribution in [-0.4, -0.2) is 20.4 Å². The van der Waals surface area contributed by atoms with Crippen molar-refractivity contribution in [2.75, 3.05) is 5.32 Å². The molecule has 0 radical (unpaired) electrons. The van der Waals surface area contributed by atoms with Crippen molar-refractivity contribution in [3.8, 4) is 0 Å². The number of hydrogen-bond acceptors (Lipinski definition) is 3. The van der Waals surface area contributed by atoms with Crippen molar-refractivity contribution < 1.29 is 4.79 Å². The topological polar surface area (TPSA) is 62.7 Å². The maximum absolute atomic E-state index is 12.5. The van der Waals surface area contributed by atoms with Gasteiger partial charge < -0.3 is 9.55 Å². The Morgan fingerprint density at radius 1 is 1.23 bits per heavy atom. The molecular formula is C24H21ClN4OS. The Balaban J connectivity index is 0.000000189. The number of para-hydroxylation sites is 1. The van der Waals surface area contributed by atoms with Crippen LogP contribution in [0.15, 0.2) is 72.5 Å². The van der Waals surface area contributed by atoms with Gasteiger partial charge in [0.1, 0.15) is 0 Å². The zero-order chi connectivity index (χ0) is 21.2. The van der Waals surface area contributed by atoms with Gasteiger partial charge in [-0.1, -0.05) is 35.9 Å². The highest BCUT2D eigenvalue weighted by Crippen LogP contribution is 2.34. The molecule has 0 saturated heterocycles. The second-order valence-corrected chi connectivity index (χ2v) is 8.99. The van der Waals surface area contributed by atoms with E-state index in [-0.39, 0.29) is 5.91 Å². The number of benzene rings is 2. The van der Waals surface area contributed by atoms with E-state index in [1.807, 2.05) is 48.1 Å². The maximum atomic E-state index is 12.5. The number of H-pyrrole nitrogens is 1. The molecule has 0 aliphatic heterocycles. The molecule has 3 aromatic heterocycles. The molecule has 0 atom stereocenters. The lowest BCUT2D eigenvalue weighted by Crippen LogP contribution is -2.11. The number of hydrogen-bond donors (Lipinski definition) is 2. The zero-order valence-corrected chi connectivity index (χ0v) is 18.3. The summed E-state index contributed by atoms with van der Waals surface area (Å²) in [5.41, 5.74) is 2.89. The Kier molecular flexibility index (Phi) is 5.49. The summed E-state index contributed by atoms with van der Waals surface area (Å²) < 4.78 is 2.15. The summed E-state index contributed by atoms with van der Waals surface area (Å²) in [5, 5.41) is 8.20. The molecule has 1 amide bonds. The fraction of sp³-hybridized carbons (Fsp3) is 0.167. The fourth-order valence-electron chi connectivity index (χ4n) is 3.62. The molecule has 156 valence electrons. The van der Waals surface area contributed by atoms with E-state index in [0.717, 1.165) is 23.4 Å². The van der Waals surface area contributed by atoms with Gasteiger partial charge in [0.05, 0.1) is 11.1 Å². The fourth-order valence-corrected chi connectivity index (χ4v) is 4.31. The largest absolute Gasteiger partial charge is 0.361 e. The van der Waals surface area contributed by atoms with Crippen molar-refractivity contribution >= 4 is 55.8 Å². The molecule has 3 heterocycles. The Morgan fingerprint density at radius 2 is 2.10 bits per heavy atom. The summed E-state index contributed by atoms with van der Waals surface area (Å²) in [5.74, 6) is 0.598. The summed E-state index contributed by atoms with van der Waals surface area (Å²) in [4.78, 5) is 19.8. The summed E-state index contributed by atoms with van der Waals surface area (Å²) >= 11 is 7.53. The summed E-state index contributed by atoms with van der Waals surface area (Å²) in [7, 11) is 0. The number of aromatic nitrogens is 3. The van der Waals surface area contributed by atoms with Gasteiger partial charge in [-0.3, -0.25) is 10.1 Å². The molecule has 5 nitrogen and oxygen atoms in total. The van der Waals surface area contributed by atoms with Crippen LogP contribution in [0, 0.1) is 5.92 Å². The van der Waals surface area contributed by atoms with E-state index in [1.165, 1.54) is 35.1 Å². The van der Waals surface area contributed by atoms with Crippen LogP contribution in [0.25, 0.3) is 21.8 Å². The number of nitrogens with one attached hydrogen (secondary N) is 2. The Morgan fingerprint density at radius 3 is 2.87 bits per heavy atom. The highest BCUT2D eigenvalue weighted by atomic mass is 35.5. The Hall–Kier alpha value is -3.09. The van der Waals surface area contributed by atoms with E-state index in [9.17, 15) is 4.79 Å². The second kappa shape index (κ2) is 8.57. The quantitative estimate of drug-likeness (QED) is 0.326. The molecule has 31 heavy (non-hydrogen) atoms. The zero-order valence-electron chi connectivity index (χ0n) is 16.7. The number of aromatic amines is 1. The Bertz CT molecular complexity index is 1300. The molecule has 1 saturated carbocycles. The van der Waals surface area contributed by atoms with Gasteiger partial charge in [0, 0.05) is 46.4 Å². The van der Waals surface area contributed by atoms with Crippen LogP contribution in [0.3, 0.4) is 0 Å². The van der Waals surface area contributed by atoms with Crippen LogP contribution in [0.2, 0.25) is 5.02 Å². The number of carbonyl (C=O) groups excluding carboxylic acids is 1. The molecule has 2 N–H and O–H groups in total. The van der Waals surface area contributed by atoms with Crippen LogP contribution in [0.4, 0.5) is 5.13 Å². The average molecular weight is 449 g/mol. The van der Waals surface area contributed by atoms with Gasteiger partial charge in [-0.25, -0.2) is 4.98 Å². The van der Waals surface area contributed by atoms with Crippen molar-refractivity contribution in [2.45, 2.75) is 19.4 Å². The summed E-state index contributed by atoms with van der Waals surface area (Å²) in [6, 6.07) is 16.0. The first kappa shape index (κ1) is 19.8. The lowest BCUT2D eigenvalue weighted by molar-refractivity contribution is 0.102. The predicted molar refractivity (Wildman–Crippen MR) is 128 cm³/mol. The van der Waals surface area contributed by atoms with Gasteiger partial charge in [-0.2, -0.15) is 0 Å². The Labute approximate surface area is 188 Å². The second-order valence-electron chi connectivity index (χ2n) is 7.66. The molecule has 6 rings (SSSR count). The number of carbonyl (C=O) groups is 1. The minimum atomic E-state index is -0.128. The standard InChI is InChI=1S/C16H14ClN3OS.C8H7N/c17-11-3-4-12-13(15(21)19-16-18-5-6-22-16)9-20(14(12)7-11)8-10-1-2-10;1-2-4-8-7(3-1)5-6-9-8/h3-7,9-10H,1-2,8H2,(H,18,19,21);1-6,9H. The molecule has 2 aromatic carbocycles. The minimum Gasteiger partial charge on any atom is -0.361 e. The van der Waals surface area contributed by atoms with Crippen LogP contribution in [0.1, 0.15) is 23.2 Å². The van der Waals surface area contributed by atoms with Gasteiger partial charge in [-0.05, 0) is 48.4 Å². The molecule has 0 unspecified atom stereocenters. The van der Waals surface area contributed by atoms with E-state index >= 15 is 0 Å². The molecule has 5 aromatic rings. The van der Waals surface area contributed by atoms with E-state index in [0.29, 0.717) is 15.7 Å². The normalized spacial score (nSPS) is 13.2. The van der Waals surface area contributed by atoms with Gasteiger partial charge >= 0.3 is 0 Å². The average Bonchev–Trinajstić information content (AvgIpc) is 3.16. The van der Waals surface area contributed by atoms with Gasteiger partial charge in [0.25, 0.3) is 5.91 Å². The molecule has 0 spiro atoms. The van der Waals surface area contributed by atoms with Crippen molar-refractivity contribution in [1.29, 1.82) is 0 Å². The SMILES string of the molecule is O=C(Nc1nccs1)c1cn(CC2CC2)c2cc(Cl)ccc12.c1ccc2[nH]ccc2c1.